The summed E-state index contributed by atoms with van der Waals surface area (Å²) < 4.78 is 8.74. The Morgan fingerprint density at radius 3 is 1.33 bits per heavy atom. The standard InChI is InChI=1S/Gd.H2O3Si.Sr.2H/c;1-4(2)3;;;/h;1-2H;;;. The fourth-order valence-electron chi connectivity index (χ4n) is 0. The molecular formula is H4GdO3SiSr. The Morgan fingerprint density at radius 2 is 1.33 bits per heavy atom. The molecule has 0 spiro atoms. The predicted molar refractivity (Wildman–Crippen MR) is 19.4 cm³/mol. The van der Waals surface area contributed by atoms with Gasteiger partial charge < -0.3 is 9.59 Å². The molecule has 6 heteroatoms. The van der Waals surface area contributed by atoms with Gasteiger partial charge in [-0.1, -0.05) is 0 Å². The second-order valence-electron chi connectivity index (χ2n) is 0.283. The Hall–Kier alpha value is 2.42. The molecule has 0 atom stereocenters. The Bertz CT molecular complexity index is 33.8. The van der Waals surface area contributed by atoms with Gasteiger partial charge in [-0.05, 0) is 0 Å². The monoisotopic (exact) mass is 326 g/mol. The van der Waals surface area contributed by atoms with Crippen LogP contribution in [0.25, 0.3) is 0 Å². The van der Waals surface area contributed by atoms with E-state index >= 15 is 0 Å². The molecular weight excluding hydrogens is 321 g/mol. The summed E-state index contributed by atoms with van der Waals surface area (Å²) in [6.07, 6.45) is 0. The maximum atomic E-state index is 8.74. The molecule has 6 heavy (non-hydrogen) atoms. The topological polar surface area (TPSA) is 57.5 Å². The van der Waals surface area contributed by atoms with Crippen molar-refractivity contribution in [3.8, 4) is 0 Å². The number of hydrogen-bond donors (Lipinski definition) is 2. The third-order valence-electron chi connectivity index (χ3n) is 0. The molecule has 0 aromatic rings. The van der Waals surface area contributed by atoms with Crippen LogP contribution in [0.4, 0.5) is 0 Å². The molecule has 0 aromatic carbocycles. The van der Waals surface area contributed by atoms with Gasteiger partial charge in [-0.2, -0.15) is 0 Å². The summed E-state index contributed by atoms with van der Waals surface area (Å²) in [6.45, 7) is 0. The van der Waals surface area contributed by atoms with Crippen LogP contribution in [0.1, 0.15) is 0 Å². The van der Waals surface area contributed by atoms with Crippen molar-refractivity contribution in [1.29, 1.82) is 0 Å². The molecule has 0 radical (unpaired) electrons. The molecule has 3 nitrogen and oxygen atoms in total. The van der Waals surface area contributed by atoms with Crippen LogP contribution < -0.4 is 0 Å². The van der Waals surface area contributed by atoms with Crippen LogP contribution in [0.2, 0.25) is 0 Å². The molecule has 0 heterocycles. The van der Waals surface area contributed by atoms with E-state index in [2.05, 4.69) is 0 Å². The molecule has 0 aliphatic rings. The Kier molecular flexibility index (Phi) is 27.4. The molecule has 0 aliphatic carbocycles. The summed E-state index contributed by atoms with van der Waals surface area (Å²) in [5, 5.41) is 0. The van der Waals surface area contributed by atoms with Crippen molar-refractivity contribution in [3.05, 3.63) is 0 Å². The zero-order valence-electron chi connectivity index (χ0n) is 2.16. The van der Waals surface area contributed by atoms with E-state index in [0.717, 1.165) is 0 Å². The zero-order valence-corrected chi connectivity index (χ0v) is 5.42. The first-order valence-electron chi connectivity index (χ1n) is 0.651. The molecule has 36 valence electrons. The van der Waals surface area contributed by atoms with Crippen molar-refractivity contribution in [3.63, 3.8) is 0 Å². The van der Waals surface area contributed by atoms with Crippen molar-refractivity contribution in [2.24, 2.45) is 0 Å². The van der Waals surface area contributed by atoms with E-state index in [0.29, 0.717) is 0 Å². The van der Waals surface area contributed by atoms with Crippen LogP contribution in [-0.2, 0) is 4.46 Å². The van der Waals surface area contributed by atoms with Crippen LogP contribution >= 0.6 is 0 Å². The van der Waals surface area contributed by atoms with Gasteiger partial charge in [0.1, 0.15) is 0 Å². The second-order valence-corrected chi connectivity index (χ2v) is 0.848. The summed E-state index contributed by atoms with van der Waals surface area (Å²) >= 11 is 0. The molecule has 0 rings (SSSR count). The van der Waals surface area contributed by atoms with Crippen molar-refractivity contribution in [2.75, 3.05) is 0 Å². The van der Waals surface area contributed by atoms with Crippen molar-refractivity contribution in [1.82, 2.24) is 0 Å². The third-order valence-corrected chi connectivity index (χ3v) is 0. The van der Waals surface area contributed by atoms with Gasteiger partial charge >= 0.3 is 54.7 Å². The first-order valence-corrected chi connectivity index (χ1v) is 1.95. The van der Waals surface area contributed by atoms with E-state index in [9.17, 15) is 0 Å². The van der Waals surface area contributed by atoms with E-state index in [1.807, 2.05) is 0 Å². The van der Waals surface area contributed by atoms with Gasteiger partial charge in [-0.3, -0.25) is 4.46 Å². The average Bonchev–Trinajstić information content (AvgIpc) is 0.811. The molecule has 0 fully saturated rings. The Morgan fingerprint density at radius 1 is 1.33 bits per heavy atom. The van der Waals surface area contributed by atoms with Gasteiger partial charge in [0.2, 0.25) is 0 Å². The number of rotatable bonds is 0. The van der Waals surface area contributed by atoms with Crippen LogP contribution in [0.15, 0.2) is 0 Å². The van der Waals surface area contributed by atoms with Gasteiger partial charge in [-0.15, -0.1) is 0 Å². The predicted octanol–water partition coefficient (Wildman–Crippen LogP) is -2.53. The maximum absolute atomic E-state index is 8.74. The molecule has 0 aliphatic heterocycles. The summed E-state index contributed by atoms with van der Waals surface area (Å²) in [5.74, 6) is 0. The molecule has 0 aromatic heterocycles. The van der Waals surface area contributed by atoms with Gasteiger partial charge in [0.15, 0.2) is 0 Å². The quantitative estimate of drug-likeness (QED) is 0.483. The molecule has 0 unspecified atom stereocenters. The molecule has 0 saturated heterocycles. The van der Waals surface area contributed by atoms with Crippen molar-refractivity contribution >= 4 is 54.7 Å². The summed E-state index contributed by atoms with van der Waals surface area (Å²) in [4.78, 5) is 14.3. The van der Waals surface area contributed by atoms with E-state index in [1.165, 1.54) is 0 Å². The summed E-state index contributed by atoms with van der Waals surface area (Å²) in [7, 11) is -3.13. The SMILES string of the molecule is O=[Si](O)O.[Gd].[SrH2]. The molecule has 2 N–H and O–H groups in total. The van der Waals surface area contributed by atoms with E-state index in [-0.39, 0.29) is 85.4 Å². The molecule has 0 amide bonds. The minimum absolute atomic E-state index is 0. The first kappa shape index (κ1) is 15.8. The number of hydrogen-bond acceptors (Lipinski definition) is 1. The molecule has 0 saturated carbocycles. The molecule has 0 bridgehead atoms. The van der Waals surface area contributed by atoms with Crippen molar-refractivity contribution in [2.45, 2.75) is 0 Å². The van der Waals surface area contributed by atoms with Crippen LogP contribution in [0.3, 0.4) is 0 Å². The van der Waals surface area contributed by atoms with Crippen molar-refractivity contribution < 1.29 is 54.0 Å². The summed E-state index contributed by atoms with van der Waals surface area (Å²) in [5.41, 5.74) is 0. The van der Waals surface area contributed by atoms with Gasteiger partial charge in [-0.25, -0.2) is 0 Å². The van der Waals surface area contributed by atoms with Gasteiger partial charge in [0.05, 0.1) is 0 Å². The van der Waals surface area contributed by atoms with Crippen LogP contribution in [0, 0.1) is 39.9 Å². The average molecular weight is 325 g/mol. The van der Waals surface area contributed by atoms with Crippen LogP contribution in [-0.4, -0.2) is 64.2 Å². The second kappa shape index (κ2) is 10.4. The van der Waals surface area contributed by atoms with Crippen LogP contribution in [0.5, 0.6) is 0 Å². The fraction of sp³-hybridized carbons (Fsp3) is 0. The first-order chi connectivity index (χ1) is 1.73. The minimum atomic E-state index is -3.13. The van der Waals surface area contributed by atoms with E-state index in [1.54, 1.807) is 0 Å². The zero-order chi connectivity index (χ0) is 3.58. The summed E-state index contributed by atoms with van der Waals surface area (Å²) in [6, 6.07) is 0. The fourth-order valence-corrected chi connectivity index (χ4v) is 0. The Labute approximate surface area is 106 Å². The van der Waals surface area contributed by atoms with E-state index in [4.69, 9.17) is 14.1 Å². The Balaban J connectivity index is -0.0000000450. The van der Waals surface area contributed by atoms with E-state index < -0.39 is 9.17 Å². The third kappa shape index (κ3) is 32.2. The normalized spacial score (nSPS) is 4.00. The van der Waals surface area contributed by atoms with Gasteiger partial charge in [0.25, 0.3) is 0 Å². The van der Waals surface area contributed by atoms with Gasteiger partial charge in [0, 0.05) is 39.9 Å².